The summed E-state index contributed by atoms with van der Waals surface area (Å²) >= 11 is 2.83. The van der Waals surface area contributed by atoms with Crippen LogP contribution < -0.4 is 0 Å². The summed E-state index contributed by atoms with van der Waals surface area (Å²) in [4.78, 5) is 11.2. The summed E-state index contributed by atoms with van der Waals surface area (Å²) in [5.41, 5.74) is 1.04. The molecule has 1 aromatic heterocycles. The number of benzene rings is 1. The quantitative estimate of drug-likeness (QED) is 0.622. The van der Waals surface area contributed by atoms with Crippen LogP contribution >= 0.6 is 23.1 Å². The number of nitrogens with zero attached hydrogens (tertiary/aromatic N) is 2. The summed E-state index contributed by atoms with van der Waals surface area (Å²) in [5.74, 6) is 0.0519. The molecular weight excluding hydrogens is 268 g/mol. The Morgan fingerprint density at radius 1 is 1.33 bits per heavy atom. The molecule has 0 saturated heterocycles. The van der Waals surface area contributed by atoms with Gasteiger partial charge in [-0.3, -0.25) is 4.79 Å². The van der Waals surface area contributed by atoms with Crippen LogP contribution in [0.5, 0.6) is 0 Å². The van der Waals surface area contributed by atoms with Gasteiger partial charge in [0.25, 0.3) is 0 Å². The van der Waals surface area contributed by atoms with E-state index in [0.29, 0.717) is 6.61 Å². The van der Waals surface area contributed by atoms with E-state index in [2.05, 4.69) is 10.2 Å². The Balaban J connectivity index is 1.97. The van der Waals surface area contributed by atoms with Gasteiger partial charge in [-0.25, -0.2) is 0 Å². The maximum absolute atomic E-state index is 11.2. The Labute approximate surface area is 113 Å². The molecule has 0 N–H and O–H groups in total. The zero-order valence-corrected chi connectivity index (χ0v) is 11.5. The lowest BCUT2D eigenvalue weighted by Crippen LogP contribution is -2.06. The van der Waals surface area contributed by atoms with E-state index in [1.807, 2.05) is 30.3 Å². The predicted molar refractivity (Wildman–Crippen MR) is 72.7 cm³/mol. The molecule has 0 atom stereocenters. The van der Waals surface area contributed by atoms with Gasteiger partial charge in [0, 0.05) is 5.56 Å². The molecule has 18 heavy (non-hydrogen) atoms. The molecule has 4 nitrogen and oxygen atoms in total. The van der Waals surface area contributed by atoms with Crippen molar-refractivity contribution in [2.45, 2.75) is 11.3 Å². The summed E-state index contributed by atoms with van der Waals surface area (Å²) in [5, 5.41) is 9.02. The lowest BCUT2D eigenvalue weighted by atomic mass is 10.2. The second-order valence-corrected chi connectivity index (χ2v) is 5.53. The van der Waals surface area contributed by atoms with Crippen molar-refractivity contribution in [3.05, 3.63) is 30.3 Å². The maximum atomic E-state index is 11.2. The van der Waals surface area contributed by atoms with Gasteiger partial charge < -0.3 is 4.74 Å². The van der Waals surface area contributed by atoms with E-state index in [1.54, 1.807) is 6.92 Å². The first-order chi connectivity index (χ1) is 8.79. The van der Waals surface area contributed by atoms with Crippen molar-refractivity contribution in [2.24, 2.45) is 0 Å². The Hall–Kier alpha value is -1.40. The molecule has 94 valence electrons. The average molecular weight is 280 g/mol. The van der Waals surface area contributed by atoms with Gasteiger partial charge in [-0.1, -0.05) is 53.4 Å². The minimum absolute atomic E-state index is 0.223. The molecule has 0 aliphatic heterocycles. The monoisotopic (exact) mass is 280 g/mol. The van der Waals surface area contributed by atoms with Gasteiger partial charge in [0.15, 0.2) is 4.34 Å². The van der Waals surface area contributed by atoms with Crippen LogP contribution in [0, 0.1) is 0 Å². The highest BCUT2D eigenvalue weighted by molar-refractivity contribution is 8.01. The number of aromatic nitrogens is 2. The zero-order chi connectivity index (χ0) is 12.8. The number of rotatable bonds is 5. The molecule has 2 rings (SSSR count). The van der Waals surface area contributed by atoms with Crippen molar-refractivity contribution in [3.8, 4) is 10.6 Å². The number of thioether (sulfide) groups is 1. The van der Waals surface area contributed by atoms with Crippen molar-refractivity contribution in [2.75, 3.05) is 12.4 Å². The maximum Gasteiger partial charge on any atom is 0.316 e. The molecule has 0 aliphatic carbocycles. The van der Waals surface area contributed by atoms with Crippen molar-refractivity contribution in [3.63, 3.8) is 0 Å². The average Bonchev–Trinajstić information content (AvgIpc) is 2.87. The van der Waals surface area contributed by atoms with E-state index >= 15 is 0 Å². The minimum Gasteiger partial charge on any atom is -0.465 e. The molecule has 0 radical (unpaired) electrons. The molecule has 0 aliphatic rings. The molecule has 0 saturated carbocycles. The van der Waals surface area contributed by atoms with E-state index in [1.165, 1.54) is 23.1 Å². The molecule has 0 unspecified atom stereocenters. The molecule has 0 bridgehead atoms. The van der Waals surface area contributed by atoms with Crippen molar-refractivity contribution in [1.29, 1.82) is 0 Å². The van der Waals surface area contributed by atoms with Gasteiger partial charge in [-0.2, -0.15) is 0 Å². The van der Waals surface area contributed by atoms with E-state index in [9.17, 15) is 4.79 Å². The third kappa shape index (κ3) is 3.54. The molecule has 6 heteroatoms. The first-order valence-electron chi connectivity index (χ1n) is 5.47. The van der Waals surface area contributed by atoms with Crippen LogP contribution in [-0.2, 0) is 9.53 Å². The predicted octanol–water partition coefficient (Wildman–Crippen LogP) is 2.86. The lowest BCUT2D eigenvalue weighted by Gasteiger charge is -1.98. The van der Waals surface area contributed by atoms with Gasteiger partial charge in [0.05, 0.1) is 12.4 Å². The summed E-state index contributed by atoms with van der Waals surface area (Å²) in [6, 6.07) is 9.85. The number of ether oxygens (including phenoxy) is 1. The molecule has 0 fully saturated rings. The second kappa shape index (κ2) is 6.51. The number of esters is 1. The van der Waals surface area contributed by atoms with E-state index < -0.39 is 0 Å². The normalized spacial score (nSPS) is 10.3. The second-order valence-electron chi connectivity index (χ2n) is 3.33. The fourth-order valence-electron chi connectivity index (χ4n) is 1.29. The van der Waals surface area contributed by atoms with Crippen LogP contribution in [0.1, 0.15) is 6.92 Å². The molecular formula is C12H12N2O2S2. The Kier molecular flexibility index (Phi) is 4.72. The molecule has 2 aromatic rings. The fourth-order valence-corrected chi connectivity index (χ4v) is 2.94. The van der Waals surface area contributed by atoms with Gasteiger partial charge in [0.2, 0.25) is 0 Å². The van der Waals surface area contributed by atoms with Crippen LogP contribution in [0.25, 0.3) is 10.6 Å². The van der Waals surface area contributed by atoms with Gasteiger partial charge >= 0.3 is 5.97 Å². The Morgan fingerprint density at radius 3 is 2.83 bits per heavy atom. The minimum atomic E-state index is -0.223. The van der Waals surface area contributed by atoms with Crippen LogP contribution in [-0.4, -0.2) is 28.5 Å². The van der Waals surface area contributed by atoms with Crippen LogP contribution in [0.3, 0.4) is 0 Å². The van der Waals surface area contributed by atoms with Crippen LogP contribution in [0.4, 0.5) is 0 Å². The lowest BCUT2D eigenvalue weighted by molar-refractivity contribution is -0.139. The van der Waals surface area contributed by atoms with Crippen molar-refractivity contribution in [1.82, 2.24) is 10.2 Å². The number of carbonyl (C=O) groups is 1. The fraction of sp³-hybridized carbons (Fsp3) is 0.250. The standard InChI is InChI=1S/C12H12N2O2S2/c1-2-16-10(15)8-17-12-14-13-11(18-12)9-6-4-3-5-7-9/h3-7H,2,8H2,1H3. The van der Waals surface area contributed by atoms with Crippen molar-refractivity contribution >= 4 is 29.1 Å². The molecule has 0 amide bonds. The first-order valence-corrected chi connectivity index (χ1v) is 7.27. The van der Waals surface area contributed by atoms with Crippen LogP contribution in [0.15, 0.2) is 34.7 Å². The topological polar surface area (TPSA) is 52.1 Å². The van der Waals surface area contributed by atoms with E-state index in [4.69, 9.17) is 4.74 Å². The number of hydrogen-bond donors (Lipinski definition) is 0. The van der Waals surface area contributed by atoms with Gasteiger partial charge in [-0.15, -0.1) is 10.2 Å². The third-order valence-electron chi connectivity index (χ3n) is 2.05. The molecule has 0 spiro atoms. The van der Waals surface area contributed by atoms with Crippen LogP contribution in [0.2, 0.25) is 0 Å². The highest BCUT2D eigenvalue weighted by atomic mass is 32.2. The number of hydrogen-bond acceptors (Lipinski definition) is 6. The Bertz CT molecular complexity index is 514. The Morgan fingerprint density at radius 2 is 2.11 bits per heavy atom. The first kappa shape index (κ1) is 13.0. The molecule has 1 heterocycles. The van der Waals surface area contributed by atoms with Crippen molar-refractivity contribution < 1.29 is 9.53 Å². The zero-order valence-electron chi connectivity index (χ0n) is 9.83. The highest BCUT2D eigenvalue weighted by Gasteiger charge is 2.09. The largest absolute Gasteiger partial charge is 0.465 e. The summed E-state index contributed by atoms with van der Waals surface area (Å²) in [6.07, 6.45) is 0. The molecule has 1 aromatic carbocycles. The van der Waals surface area contributed by atoms with E-state index in [0.717, 1.165) is 14.9 Å². The van der Waals surface area contributed by atoms with Gasteiger partial charge in [-0.05, 0) is 6.92 Å². The summed E-state index contributed by atoms with van der Waals surface area (Å²) < 4.78 is 5.63. The summed E-state index contributed by atoms with van der Waals surface area (Å²) in [7, 11) is 0. The highest BCUT2D eigenvalue weighted by Crippen LogP contribution is 2.28. The summed E-state index contributed by atoms with van der Waals surface area (Å²) in [6.45, 7) is 2.20. The van der Waals surface area contributed by atoms with Gasteiger partial charge in [0.1, 0.15) is 5.01 Å². The van der Waals surface area contributed by atoms with E-state index in [-0.39, 0.29) is 11.7 Å². The number of carbonyl (C=O) groups excluding carboxylic acids is 1. The smallest absolute Gasteiger partial charge is 0.316 e. The third-order valence-corrected chi connectivity index (χ3v) is 4.13. The SMILES string of the molecule is CCOC(=O)CSc1nnc(-c2ccccc2)s1.